The van der Waals surface area contributed by atoms with Gasteiger partial charge >= 0.3 is 0 Å². The van der Waals surface area contributed by atoms with Gasteiger partial charge in [-0.15, -0.1) is 0 Å². The lowest BCUT2D eigenvalue weighted by atomic mass is 10.0. The Morgan fingerprint density at radius 2 is 2.14 bits per heavy atom. The molecular weight excluding hydrogens is 264 g/mol. The van der Waals surface area contributed by atoms with Gasteiger partial charge in [-0.2, -0.15) is 0 Å². The molecule has 1 aromatic rings. The molecule has 1 fully saturated rings. The molecule has 1 heterocycles. The van der Waals surface area contributed by atoms with Crippen LogP contribution < -0.4 is 11.3 Å². The van der Waals surface area contributed by atoms with E-state index in [1.165, 1.54) is 25.1 Å². The number of hydrazine groups is 1. The number of carbonyl (C=O) groups excluding carboxylic acids is 1. The Hall–Kier alpha value is -1.43. The summed E-state index contributed by atoms with van der Waals surface area (Å²) in [6, 6.07) is 8.09. The maximum absolute atomic E-state index is 11.5. The number of nitrogens with one attached hydrogen (secondary N) is 1. The van der Waals surface area contributed by atoms with E-state index in [1.807, 2.05) is 18.2 Å². The van der Waals surface area contributed by atoms with Crippen molar-refractivity contribution in [1.29, 1.82) is 0 Å². The molecular formula is C16H26N4O. The van der Waals surface area contributed by atoms with Crippen LogP contribution in [0.3, 0.4) is 0 Å². The molecule has 1 aliphatic rings. The van der Waals surface area contributed by atoms with Gasteiger partial charge in [-0.05, 0) is 44.1 Å². The summed E-state index contributed by atoms with van der Waals surface area (Å²) in [6.45, 7) is 4.35. The van der Waals surface area contributed by atoms with E-state index in [1.54, 1.807) is 0 Å². The zero-order chi connectivity index (χ0) is 15.2. The summed E-state index contributed by atoms with van der Waals surface area (Å²) in [7, 11) is 4.33. The lowest BCUT2D eigenvalue weighted by Crippen LogP contribution is -2.32. The molecule has 0 saturated carbocycles. The number of hydrogen-bond acceptors (Lipinski definition) is 4. The molecule has 1 amide bonds. The van der Waals surface area contributed by atoms with Gasteiger partial charge in [0, 0.05) is 19.6 Å². The van der Waals surface area contributed by atoms with Crippen LogP contribution in [0.15, 0.2) is 24.3 Å². The Labute approximate surface area is 127 Å². The van der Waals surface area contributed by atoms with Crippen LogP contribution in [0, 0.1) is 5.92 Å². The van der Waals surface area contributed by atoms with Crippen molar-refractivity contribution < 1.29 is 4.79 Å². The molecule has 1 atom stereocenters. The lowest BCUT2D eigenvalue weighted by Gasteiger charge is -2.22. The minimum atomic E-state index is -0.150. The van der Waals surface area contributed by atoms with Gasteiger partial charge in [-0.1, -0.05) is 24.3 Å². The summed E-state index contributed by atoms with van der Waals surface area (Å²) >= 11 is 0. The smallest absolute Gasteiger partial charge is 0.238 e. The summed E-state index contributed by atoms with van der Waals surface area (Å²) in [5, 5.41) is 0. The molecule has 0 aromatic heterocycles. The lowest BCUT2D eigenvalue weighted by molar-refractivity contribution is -0.120. The average Bonchev–Trinajstić information content (AvgIpc) is 2.86. The molecule has 1 aliphatic heterocycles. The predicted molar refractivity (Wildman–Crippen MR) is 84.4 cm³/mol. The Bertz CT molecular complexity index is 477. The molecule has 0 spiro atoms. The maximum atomic E-state index is 11.5. The molecule has 2 rings (SSSR count). The van der Waals surface area contributed by atoms with Gasteiger partial charge < -0.3 is 9.80 Å². The molecule has 3 N–H and O–H groups in total. The fraction of sp³-hybridized carbons (Fsp3) is 0.562. The summed E-state index contributed by atoms with van der Waals surface area (Å²) in [4.78, 5) is 16.2. The Morgan fingerprint density at radius 1 is 1.43 bits per heavy atom. The normalized spacial score (nSPS) is 19.1. The van der Waals surface area contributed by atoms with Crippen molar-refractivity contribution in [2.45, 2.75) is 19.4 Å². The highest BCUT2D eigenvalue weighted by Crippen LogP contribution is 2.17. The van der Waals surface area contributed by atoms with Crippen molar-refractivity contribution in [1.82, 2.24) is 15.2 Å². The highest BCUT2D eigenvalue weighted by molar-refractivity contribution is 5.78. The van der Waals surface area contributed by atoms with Gasteiger partial charge in [0.1, 0.15) is 0 Å². The first-order valence-electron chi connectivity index (χ1n) is 7.51. The Balaban J connectivity index is 1.93. The number of hydrogen-bond donors (Lipinski definition) is 2. The topological polar surface area (TPSA) is 61.6 Å². The highest BCUT2D eigenvalue weighted by atomic mass is 16.2. The van der Waals surface area contributed by atoms with Crippen molar-refractivity contribution in [2.24, 2.45) is 11.8 Å². The third-order valence-corrected chi connectivity index (χ3v) is 4.13. The van der Waals surface area contributed by atoms with Gasteiger partial charge in [0.25, 0.3) is 0 Å². The first-order chi connectivity index (χ1) is 10.1. The zero-order valence-electron chi connectivity index (χ0n) is 13.0. The van der Waals surface area contributed by atoms with Crippen molar-refractivity contribution in [3.05, 3.63) is 35.4 Å². The van der Waals surface area contributed by atoms with E-state index in [9.17, 15) is 4.79 Å². The fourth-order valence-electron chi connectivity index (χ4n) is 3.08. The number of amides is 1. The molecule has 1 saturated heterocycles. The second kappa shape index (κ2) is 7.54. The molecule has 1 aromatic carbocycles. The van der Waals surface area contributed by atoms with Crippen LogP contribution in [0.1, 0.15) is 17.5 Å². The zero-order valence-corrected chi connectivity index (χ0v) is 13.0. The number of benzene rings is 1. The molecule has 116 valence electrons. The van der Waals surface area contributed by atoms with Gasteiger partial charge in [-0.25, -0.2) is 5.84 Å². The van der Waals surface area contributed by atoms with Crippen LogP contribution in [0.4, 0.5) is 0 Å². The van der Waals surface area contributed by atoms with Crippen molar-refractivity contribution in [3.8, 4) is 0 Å². The Morgan fingerprint density at radius 3 is 2.76 bits per heavy atom. The standard InChI is InChI=1S/C16H26N4O/c1-19-8-7-13(10-19)11-20(2)12-15-6-4-3-5-14(15)9-16(21)18-17/h3-6,13H,7-12,17H2,1-2H3,(H,18,21). The minimum absolute atomic E-state index is 0.150. The summed E-state index contributed by atoms with van der Waals surface area (Å²) in [5.41, 5.74) is 4.45. The van der Waals surface area contributed by atoms with Crippen LogP contribution in [-0.4, -0.2) is 49.4 Å². The molecule has 1 unspecified atom stereocenters. The maximum Gasteiger partial charge on any atom is 0.238 e. The molecule has 5 nitrogen and oxygen atoms in total. The van der Waals surface area contributed by atoms with E-state index < -0.39 is 0 Å². The van der Waals surface area contributed by atoms with Gasteiger partial charge in [0.05, 0.1) is 6.42 Å². The van der Waals surface area contributed by atoms with E-state index in [2.05, 4.69) is 35.4 Å². The quantitative estimate of drug-likeness (QED) is 0.458. The van der Waals surface area contributed by atoms with E-state index in [-0.39, 0.29) is 5.91 Å². The van der Waals surface area contributed by atoms with Gasteiger partial charge in [-0.3, -0.25) is 10.2 Å². The summed E-state index contributed by atoms with van der Waals surface area (Å²) < 4.78 is 0. The monoisotopic (exact) mass is 290 g/mol. The third kappa shape index (κ3) is 4.81. The van der Waals surface area contributed by atoms with E-state index >= 15 is 0 Å². The molecule has 21 heavy (non-hydrogen) atoms. The first kappa shape index (κ1) is 15.9. The van der Waals surface area contributed by atoms with Gasteiger partial charge in [0.15, 0.2) is 0 Å². The fourth-order valence-corrected chi connectivity index (χ4v) is 3.08. The van der Waals surface area contributed by atoms with Gasteiger partial charge in [0.2, 0.25) is 5.91 Å². The Kier molecular flexibility index (Phi) is 5.73. The first-order valence-corrected chi connectivity index (χ1v) is 7.51. The third-order valence-electron chi connectivity index (χ3n) is 4.13. The molecule has 0 aliphatic carbocycles. The van der Waals surface area contributed by atoms with Crippen LogP contribution in [0.25, 0.3) is 0 Å². The SMILES string of the molecule is CN1CCC(CN(C)Cc2ccccc2CC(=O)NN)C1. The number of nitrogens with two attached hydrogens (primary N) is 1. The summed E-state index contributed by atoms with van der Waals surface area (Å²) in [5.74, 6) is 5.78. The van der Waals surface area contributed by atoms with Crippen LogP contribution in [0.5, 0.6) is 0 Å². The van der Waals surface area contributed by atoms with Crippen molar-refractivity contribution in [3.63, 3.8) is 0 Å². The second-order valence-corrected chi connectivity index (χ2v) is 6.13. The number of carbonyl (C=O) groups is 1. The van der Waals surface area contributed by atoms with E-state index in [4.69, 9.17) is 5.84 Å². The highest BCUT2D eigenvalue weighted by Gasteiger charge is 2.21. The van der Waals surface area contributed by atoms with E-state index in [0.717, 1.165) is 24.6 Å². The molecule has 0 bridgehead atoms. The number of nitrogens with zero attached hydrogens (tertiary/aromatic N) is 2. The number of rotatable bonds is 6. The minimum Gasteiger partial charge on any atom is -0.306 e. The largest absolute Gasteiger partial charge is 0.306 e. The molecule has 0 radical (unpaired) electrons. The number of likely N-dealkylation sites (tertiary alicyclic amines) is 1. The second-order valence-electron chi connectivity index (χ2n) is 6.13. The van der Waals surface area contributed by atoms with Crippen LogP contribution in [0.2, 0.25) is 0 Å². The van der Waals surface area contributed by atoms with Crippen molar-refractivity contribution in [2.75, 3.05) is 33.7 Å². The van der Waals surface area contributed by atoms with E-state index in [0.29, 0.717) is 6.42 Å². The predicted octanol–water partition coefficient (Wildman–Crippen LogP) is 0.603. The van der Waals surface area contributed by atoms with Crippen LogP contribution in [-0.2, 0) is 17.8 Å². The van der Waals surface area contributed by atoms with Crippen molar-refractivity contribution >= 4 is 5.91 Å². The average molecular weight is 290 g/mol. The summed E-state index contributed by atoms with van der Waals surface area (Å²) in [6.07, 6.45) is 1.62. The molecule has 5 heteroatoms. The van der Waals surface area contributed by atoms with Crippen LogP contribution >= 0.6 is 0 Å².